The number of rotatable bonds is 5. The molecule has 0 radical (unpaired) electrons. The molecule has 0 aliphatic carbocycles. The molecule has 194 valence electrons. The number of nitrogens with zero attached hydrogens (tertiary/aromatic N) is 1. The highest BCUT2D eigenvalue weighted by molar-refractivity contribution is 5.97. The van der Waals surface area contributed by atoms with Crippen molar-refractivity contribution in [3.8, 4) is 47.9 Å². The van der Waals surface area contributed by atoms with Crippen LogP contribution in [0.25, 0.3) is 0 Å². The predicted molar refractivity (Wildman–Crippen MR) is 143 cm³/mol. The number of hydrogen-bond donors (Lipinski definition) is 1. The Morgan fingerprint density at radius 2 is 1.03 bits per heavy atom. The molecule has 0 unspecified atom stereocenters. The van der Waals surface area contributed by atoms with E-state index in [1.54, 1.807) is 34.6 Å². The average molecular weight is 486 g/mol. The van der Waals surface area contributed by atoms with Crippen LogP contribution in [0, 0.1) is 71.5 Å². The van der Waals surface area contributed by atoms with Gasteiger partial charge < -0.3 is 5.11 Å². The van der Waals surface area contributed by atoms with E-state index < -0.39 is 0 Å². The van der Waals surface area contributed by atoms with E-state index in [-0.39, 0.29) is 53.4 Å². The van der Waals surface area contributed by atoms with Crippen LogP contribution in [0.2, 0.25) is 0 Å². The Bertz CT molecular complexity index is 868. The predicted octanol–water partition coefficient (Wildman–Crippen LogP) is 3.06. The van der Waals surface area contributed by atoms with Gasteiger partial charge in [-0.3, -0.25) is 24.1 Å². The van der Waals surface area contributed by atoms with E-state index in [0.717, 1.165) is 0 Å². The van der Waals surface area contributed by atoms with Gasteiger partial charge in [0.2, 0.25) is 23.1 Å². The van der Waals surface area contributed by atoms with Gasteiger partial charge in [0, 0.05) is 23.7 Å². The lowest BCUT2D eigenvalue weighted by molar-refractivity contribution is -0.117. The van der Waals surface area contributed by atoms with Gasteiger partial charge in [0.1, 0.15) is 6.61 Å². The molecule has 0 heterocycles. The van der Waals surface area contributed by atoms with Crippen molar-refractivity contribution >= 4 is 23.1 Å². The zero-order chi connectivity index (χ0) is 28.6. The van der Waals surface area contributed by atoms with Gasteiger partial charge >= 0.3 is 0 Å². The molecule has 35 heavy (non-hydrogen) atoms. The van der Waals surface area contributed by atoms with E-state index in [2.05, 4.69) is 35.5 Å². The van der Waals surface area contributed by atoms with Crippen LogP contribution < -0.4 is 0 Å². The van der Waals surface area contributed by atoms with E-state index >= 15 is 0 Å². The molecular formula is C29H43NO5. The smallest absolute Gasteiger partial charge is 0.208 e. The molecule has 0 saturated carbocycles. The molecule has 1 N–H and O–H groups in total. The van der Waals surface area contributed by atoms with Gasteiger partial charge in [-0.05, 0) is 44.7 Å². The number of carbonyl (C=O) groups is 4. The first kappa shape index (κ1) is 39.1. The maximum absolute atomic E-state index is 10.9. The molecular weight excluding hydrogens is 442 g/mol. The van der Waals surface area contributed by atoms with Crippen LogP contribution >= 0.6 is 0 Å². The van der Waals surface area contributed by atoms with Crippen molar-refractivity contribution in [1.82, 2.24) is 4.90 Å². The van der Waals surface area contributed by atoms with Gasteiger partial charge in [-0.25, -0.2) is 0 Å². The van der Waals surface area contributed by atoms with Crippen molar-refractivity contribution in [3.63, 3.8) is 0 Å². The minimum absolute atomic E-state index is 0.00926. The van der Waals surface area contributed by atoms with Crippen molar-refractivity contribution in [2.45, 2.75) is 62.3 Å². The first-order chi connectivity index (χ1) is 16.1. The fourth-order valence-electron chi connectivity index (χ4n) is 1.13. The first-order valence-electron chi connectivity index (χ1n) is 11.4. The number of ketones is 4. The zero-order valence-corrected chi connectivity index (χ0v) is 23.3. The molecule has 0 aliphatic heterocycles. The summed E-state index contributed by atoms with van der Waals surface area (Å²) < 4.78 is 0. The van der Waals surface area contributed by atoms with Crippen LogP contribution in [0.1, 0.15) is 62.3 Å². The second-order valence-corrected chi connectivity index (χ2v) is 8.59. The third-order valence-electron chi connectivity index (χ3n) is 3.39. The molecule has 0 atom stereocenters. The van der Waals surface area contributed by atoms with Gasteiger partial charge in [0.05, 0.1) is 6.54 Å². The molecule has 0 amide bonds. The van der Waals surface area contributed by atoms with Crippen LogP contribution in [0.4, 0.5) is 0 Å². The number of aliphatic hydroxyl groups is 1. The number of terminal acetylenes is 1. The largest absolute Gasteiger partial charge is 0.384 e. The molecule has 0 aromatic rings. The minimum Gasteiger partial charge on any atom is -0.384 e. The Hall–Kier alpha value is -3.16. The second kappa shape index (κ2) is 25.5. The highest BCUT2D eigenvalue weighted by Crippen LogP contribution is 1.92. The maximum atomic E-state index is 10.9. The average Bonchev–Trinajstić information content (AvgIpc) is 2.77. The monoisotopic (exact) mass is 485 g/mol. The summed E-state index contributed by atoms with van der Waals surface area (Å²) in [7, 11) is 3.85. The molecule has 6 nitrogen and oxygen atoms in total. The number of Topliss-reactive ketones (excluding diaryl/α,β-unsaturated/α-hetero) is 4. The fourth-order valence-corrected chi connectivity index (χ4v) is 1.13. The van der Waals surface area contributed by atoms with E-state index in [4.69, 9.17) is 11.5 Å². The minimum atomic E-state index is -0.238. The maximum Gasteiger partial charge on any atom is 0.208 e. The van der Waals surface area contributed by atoms with Crippen molar-refractivity contribution in [3.05, 3.63) is 0 Å². The van der Waals surface area contributed by atoms with Gasteiger partial charge in [0.15, 0.2) is 0 Å². The summed E-state index contributed by atoms with van der Waals surface area (Å²) in [5, 5.41) is 8.17. The van der Waals surface area contributed by atoms with Gasteiger partial charge in [-0.15, -0.1) is 6.42 Å². The van der Waals surface area contributed by atoms with Crippen molar-refractivity contribution < 1.29 is 24.3 Å². The number of hydrogen-bond acceptors (Lipinski definition) is 6. The first-order valence-corrected chi connectivity index (χ1v) is 11.4. The molecule has 0 bridgehead atoms. The molecule has 0 aromatic carbocycles. The third-order valence-corrected chi connectivity index (χ3v) is 3.39. The summed E-state index contributed by atoms with van der Waals surface area (Å²) in [6.07, 6.45) is 4.77. The van der Waals surface area contributed by atoms with E-state index in [1.807, 2.05) is 52.6 Å². The lowest BCUT2D eigenvalue weighted by Gasteiger charge is -2.00. The topological polar surface area (TPSA) is 91.8 Å². The van der Waals surface area contributed by atoms with E-state index in [0.29, 0.717) is 6.54 Å². The normalized spacial score (nSPS) is 8.69. The van der Waals surface area contributed by atoms with Gasteiger partial charge in [0.25, 0.3) is 0 Å². The Morgan fingerprint density at radius 1 is 0.686 bits per heavy atom. The van der Waals surface area contributed by atoms with Gasteiger partial charge in [-0.1, -0.05) is 73.2 Å². The molecule has 0 spiro atoms. The molecule has 0 fully saturated rings. The van der Waals surface area contributed by atoms with E-state index in [9.17, 15) is 19.2 Å². The molecule has 0 aromatic heterocycles. The Balaban J connectivity index is -0.000000186. The highest BCUT2D eigenvalue weighted by atomic mass is 16.2. The lowest BCUT2D eigenvalue weighted by atomic mass is 10.1. The van der Waals surface area contributed by atoms with E-state index in [1.165, 1.54) is 0 Å². The van der Waals surface area contributed by atoms with Crippen LogP contribution in [-0.2, 0) is 19.2 Å². The van der Waals surface area contributed by atoms with Crippen molar-refractivity contribution in [2.24, 2.45) is 23.7 Å². The summed E-state index contributed by atoms with van der Waals surface area (Å²) >= 11 is 0. The Morgan fingerprint density at radius 3 is 1.23 bits per heavy atom. The lowest BCUT2D eigenvalue weighted by Crippen LogP contribution is -2.12. The summed E-state index contributed by atoms with van der Waals surface area (Å²) in [5.41, 5.74) is 0. The number of carbonyl (C=O) groups excluding carboxylic acids is 4. The van der Waals surface area contributed by atoms with Crippen LogP contribution in [-0.4, -0.2) is 60.4 Å². The molecule has 6 heteroatoms. The van der Waals surface area contributed by atoms with Gasteiger partial charge in [-0.2, -0.15) is 0 Å². The third kappa shape index (κ3) is 33.1. The van der Waals surface area contributed by atoms with Crippen LogP contribution in [0.3, 0.4) is 0 Å². The Kier molecular flexibility index (Phi) is 28.4. The van der Waals surface area contributed by atoms with Crippen molar-refractivity contribution in [1.29, 1.82) is 0 Å². The SMILES string of the molecule is C#CC(=O)C(C)C.CC#CC(=O)C(C)C.CC(C)C(=O)C#CCN(C)C.CC(C)C(=O)C#CCO. The van der Waals surface area contributed by atoms with Crippen LogP contribution in [0.5, 0.6) is 0 Å². The second-order valence-electron chi connectivity index (χ2n) is 8.59. The summed E-state index contributed by atoms with van der Waals surface area (Å²) in [6.45, 7) is 16.6. The zero-order valence-electron chi connectivity index (χ0n) is 23.3. The Labute approximate surface area is 213 Å². The number of aliphatic hydroxyl groups excluding tert-OH is 1. The van der Waals surface area contributed by atoms with Crippen LogP contribution in [0.15, 0.2) is 0 Å². The quantitative estimate of drug-likeness (QED) is 0.475. The molecule has 0 aliphatic rings. The fraction of sp³-hybridized carbons (Fsp3) is 0.586. The molecule has 0 saturated heterocycles. The summed E-state index contributed by atoms with van der Waals surface area (Å²) in [5.74, 6) is 16.8. The summed E-state index contributed by atoms with van der Waals surface area (Å²) in [6, 6.07) is 0. The summed E-state index contributed by atoms with van der Waals surface area (Å²) in [4.78, 5) is 44.3. The highest BCUT2D eigenvalue weighted by Gasteiger charge is 2.02. The molecule has 0 rings (SSSR count). The van der Waals surface area contributed by atoms with Crippen molar-refractivity contribution in [2.75, 3.05) is 27.2 Å². The standard InChI is InChI=1S/C9H15NO.C7H10O2.C7H10O.C6H8O/c1-8(2)9(11)6-5-7-10(3)4;1-6(2)7(9)4-3-5-8;1-4-5-7(8)6(2)3;1-4-6(7)5(2)3/h8H,7H2,1-4H3;6,8H,5H2,1-2H3;6H,1-3H3;1,5H,2-3H3.